The lowest BCUT2D eigenvalue weighted by atomic mass is 9.98. The van der Waals surface area contributed by atoms with Gasteiger partial charge in [0.1, 0.15) is 5.56 Å². The summed E-state index contributed by atoms with van der Waals surface area (Å²) in [5.74, 6) is -0.571. The van der Waals surface area contributed by atoms with Crippen LogP contribution in [0.3, 0.4) is 0 Å². The fourth-order valence-corrected chi connectivity index (χ4v) is 1.89. The zero-order chi connectivity index (χ0) is 15.5. The number of aliphatic hydroxyl groups excluding tert-OH is 1. The first-order valence-electron chi connectivity index (χ1n) is 6.02. The van der Waals surface area contributed by atoms with Gasteiger partial charge >= 0.3 is 0 Å². The Bertz CT molecular complexity index is 529. The Morgan fingerprint density at radius 2 is 2.10 bits per heavy atom. The number of hydrogen-bond acceptors (Lipinski definition) is 5. The molecule has 6 nitrogen and oxygen atoms in total. The van der Waals surface area contributed by atoms with Gasteiger partial charge in [-0.15, -0.1) is 11.8 Å². The third kappa shape index (κ3) is 3.71. The van der Waals surface area contributed by atoms with Gasteiger partial charge in [-0.1, -0.05) is 0 Å². The molecule has 1 atom stereocenters. The molecular formula is C13H18N2O4S. The summed E-state index contributed by atoms with van der Waals surface area (Å²) in [5, 5.41) is 23.2. The van der Waals surface area contributed by atoms with Crippen LogP contribution in [0.2, 0.25) is 0 Å². The molecule has 0 saturated heterocycles. The van der Waals surface area contributed by atoms with Crippen LogP contribution in [0.1, 0.15) is 31.1 Å². The third-order valence-electron chi connectivity index (χ3n) is 3.13. The van der Waals surface area contributed by atoms with E-state index in [-0.39, 0.29) is 11.3 Å². The Labute approximate surface area is 121 Å². The first-order valence-corrected chi connectivity index (χ1v) is 7.24. The third-order valence-corrected chi connectivity index (χ3v) is 3.85. The molecule has 110 valence electrons. The second kappa shape index (κ2) is 6.23. The molecule has 0 aliphatic rings. The highest BCUT2D eigenvalue weighted by Crippen LogP contribution is 2.25. The summed E-state index contributed by atoms with van der Waals surface area (Å²) in [4.78, 5) is 23.4. The zero-order valence-electron chi connectivity index (χ0n) is 11.8. The fraction of sp³-hybridized carbons (Fsp3) is 0.462. The van der Waals surface area contributed by atoms with E-state index in [1.165, 1.54) is 23.9 Å². The molecule has 0 heterocycles. The van der Waals surface area contributed by atoms with Crippen LogP contribution in [0.4, 0.5) is 5.69 Å². The number of benzene rings is 1. The number of hydrogen-bond donors (Lipinski definition) is 2. The van der Waals surface area contributed by atoms with Crippen LogP contribution in [0.5, 0.6) is 0 Å². The van der Waals surface area contributed by atoms with Crippen molar-refractivity contribution in [3.05, 3.63) is 33.9 Å². The number of carbonyl (C=O) groups is 1. The minimum atomic E-state index is -0.875. The predicted molar refractivity (Wildman–Crippen MR) is 78.1 cm³/mol. The van der Waals surface area contributed by atoms with Gasteiger partial charge in [-0.25, -0.2) is 0 Å². The molecule has 0 fully saturated rings. The average molecular weight is 298 g/mol. The lowest BCUT2D eigenvalue weighted by Crippen LogP contribution is -2.51. The maximum absolute atomic E-state index is 12.2. The van der Waals surface area contributed by atoms with E-state index in [1.54, 1.807) is 26.8 Å². The van der Waals surface area contributed by atoms with Crippen molar-refractivity contribution in [2.24, 2.45) is 0 Å². The number of nitrogens with one attached hydrogen (secondary N) is 1. The molecule has 2 N–H and O–H groups in total. The van der Waals surface area contributed by atoms with Gasteiger partial charge in [0.05, 0.1) is 16.6 Å². The van der Waals surface area contributed by atoms with Gasteiger partial charge in [0, 0.05) is 11.0 Å². The predicted octanol–water partition coefficient (Wildman–Crippen LogP) is 2.21. The number of amides is 1. The summed E-state index contributed by atoms with van der Waals surface area (Å²) in [6.45, 7) is 4.85. The van der Waals surface area contributed by atoms with Crippen molar-refractivity contribution in [3.8, 4) is 0 Å². The van der Waals surface area contributed by atoms with Gasteiger partial charge in [0.2, 0.25) is 0 Å². The molecule has 1 amide bonds. The molecule has 0 radical (unpaired) electrons. The molecule has 0 bridgehead atoms. The number of nitro groups is 1. The summed E-state index contributed by atoms with van der Waals surface area (Å²) in [5.41, 5.74) is -1.13. The van der Waals surface area contributed by atoms with E-state index in [0.717, 1.165) is 4.90 Å². The molecule has 1 aromatic rings. The van der Waals surface area contributed by atoms with Gasteiger partial charge in [-0.3, -0.25) is 14.9 Å². The van der Waals surface area contributed by atoms with E-state index >= 15 is 0 Å². The first-order chi connectivity index (χ1) is 9.19. The first kappa shape index (κ1) is 16.5. The number of aliphatic hydroxyl groups is 1. The van der Waals surface area contributed by atoms with Gasteiger partial charge < -0.3 is 10.4 Å². The van der Waals surface area contributed by atoms with Crippen LogP contribution in [-0.4, -0.2) is 33.8 Å². The van der Waals surface area contributed by atoms with Crippen molar-refractivity contribution in [2.45, 2.75) is 37.3 Å². The minimum Gasteiger partial charge on any atom is -0.391 e. The minimum absolute atomic E-state index is 0.00410. The van der Waals surface area contributed by atoms with E-state index < -0.39 is 22.5 Å². The molecule has 0 aliphatic heterocycles. The van der Waals surface area contributed by atoms with Crippen LogP contribution < -0.4 is 5.32 Å². The van der Waals surface area contributed by atoms with Crippen molar-refractivity contribution in [1.29, 1.82) is 0 Å². The Morgan fingerprint density at radius 3 is 2.55 bits per heavy atom. The molecule has 1 aromatic carbocycles. The zero-order valence-corrected chi connectivity index (χ0v) is 12.7. The number of rotatable bonds is 5. The lowest BCUT2D eigenvalue weighted by Gasteiger charge is -2.29. The molecular weight excluding hydrogens is 280 g/mol. The number of carbonyl (C=O) groups excluding carboxylic acids is 1. The van der Waals surface area contributed by atoms with Gasteiger partial charge in [-0.05, 0) is 39.2 Å². The molecule has 0 aromatic heterocycles. The second-order valence-corrected chi connectivity index (χ2v) is 5.87. The maximum atomic E-state index is 12.2. The van der Waals surface area contributed by atoms with Crippen molar-refractivity contribution < 1.29 is 14.8 Å². The van der Waals surface area contributed by atoms with Crippen molar-refractivity contribution >= 4 is 23.4 Å². The Morgan fingerprint density at radius 1 is 1.50 bits per heavy atom. The summed E-state index contributed by atoms with van der Waals surface area (Å²) in [7, 11) is 0. The number of nitrogens with zero attached hydrogens (tertiary/aromatic N) is 1. The lowest BCUT2D eigenvalue weighted by molar-refractivity contribution is -0.385. The summed E-state index contributed by atoms with van der Waals surface area (Å²) in [6, 6.07) is 4.39. The van der Waals surface area contributed by atoms with Gasteiger partial charge in [-0.2, -0.15) is 0 Å². The molecule has 0 aliphatic carbocycles. The van der Waals surface area contributed by atoms with Crippen LogP contribution in [0.15, 0.2) is 23.1 Å². The van der Waals surface area contributed by atoms with Crippen LogP contribution in [0.25, 0.3) is 0 Å². The molecule has 1 unspecified atom stereocenters. The molecule has 0 saturated carbocycles. The quantitative estimate of drug-likeness (QED) is 0.494. The largest absolute Gasteiger partial charge is 0.391 e. The second-order valence-electron chi connectivity index (χ2n) is 4.99. The van der Waals surface area contributed by atoms with Gasteiger partial charge in [0.15, 0.2) is 0 Å². The summed E-state index contributed by atoms with van der Waals surface area (Å²) >= 11 is 1.39. The van der Waals surface area contributed by atoms with E-state index in [2.05, 4.69) is 5.32 Å². The standard InChI is InChI=1S/C13H18N2O4S/c1-8(16)13(2,3)14-12(17)10-7-9(20-4)5-6-11(10)15(18)19/h5-8,16H,1-4H3,(H,14,17). The fourth-order valence-electron chi connectivity index (χ4n) is 1.45. The molecule has 20 heavy (non-hydrogen) atoms. The highest BCUT2D eigenvalue weighted by atomic mass is 32.2. The summed E-state index contributed by atoms with van der Waals surface area (Å²) < 4.78 is 0. The number of nitro benzene ring substituents is 1. The number of thioether (sulfide) groups is 1. The SMILES string of the molecule is CSc1ccc([N+](=O)[O-])c(C(=O)NC(C)(C)C(C)O)c1. The monoisotopic (exact) mass is 298 g/mol. The van der Waals surface area contributed by atoms with E-state index in [0.29, 0.717) is 0 Å². The summed E-state index contributed by atoms with van der Waals surface area (Å²) in [6.07, 6.45) is 1.04. The van der Waals surface area contributed by atoms with E-state index in [9.17, 15) is 20.0 Å². The van der Waals surface area contributed by atoms with E-state index in [4.69, 9.17) is 0 Å². The topological polar surface area (TPSA) is 92.5 Å². The average Bonchev–Trinajstić information content (AvgIpc) is 2.37. The highest BCUT2D eigenvalue weighted by Gasteiger charge is 2.29. The van der Waals surface area contributed by atoms with E-state index in [1.807, 2.05) is 6.26 Å². The molecule has 1 rings (SSSR count). The molecule has 0 spiro atoms. The highest BCUT2D eigenvalue weighted by molar-refractivity contribution is 7.98. The van der Waals surface area contributed by atoms with Crippen molar-refractivity contribution in [2.75, 3.05) is 6.26 Å². The van der Waals surface area contributed by atoms with Crippen LogP contribution in [0, 0.1) is 10.1 Å². The van der Waals surface area contributed by atoms with Crippen molar-refractivity contribution in [3.63, 3.8) is 0 Å². The smallest absolute Gasteiger partial charge is 0.282 e. The Hall–Kier alpha value is -1.60. The van der Waals surface area contributed by atoms with Gasteiger partial charge in [0.25, 0.3) is 11.6 Å². The Balaban J connectivity index is 3.17. The van der Waals surface area contributed by atoms with Crippen LogP contribution >= 0.6 is 11.8 Å². The molecule has 7 heteroatoms. The Kier molecular flexibility index (Phi) is 5.13. The maximum Gasteiger partial charge on any atom is 0.282 e. The normalized spacial score (nSPS) is 12.8. The van der Waals surface area contributed by atoms with Crippen LogP contribution in [-0.2, 0) is 0 Å². The van der Waals surface area contributed by atoms with Crippen molar-refractivity contribution in [1.82, 2.24) is 5.32 Å².